The Morgan fingerprint density at radius 2 is 2.00 bits per heavy atom. The molecular formula is C9H12ClN. The number of rotatable bonds is 2. The van der Waals surface area contributed by atoms with Crippen molar-refractivity contribution in [1.82, 2.24) is 0 Å². The van der Waals surface area contributed by atoms with Gasteiger partial charge >= 0.3 is 0 Å². The summed E-state index contributed by atoms with van der Waals surface area (Å²) in [7, 11) is 0. The third kappa shape index (κ3) is 2.64. The highest BCUT2D eigenvalue weighted by atomic mass is 35.5. The van der Waals surface area contributed by atoms with E-state index in [4.69, 9.17) is 5.73 Å². The first-order chi connectivity index (χ1) is 4.84. The van der Waals surface area contributed by atoms with E-state index in [-0.39, 0.29) is 12.4 Å². The van der Waals surface area contributed by atoms with E-state index in [1.165, 1.54) is 0 Å². The first-order valence-electron chi connectivity index (χ1n) is 3.29. The summed E-state index contributed by atoms with van der Waals surface area (Å²) in [6, 6.07) is 7.83. The smallest absolute Gasteiger partial charge is 0.0349 e. The lowest BCUT2D eigenvalue weighted by atomic mass is 10.1. The van der Waals surface area contributed by atoms with Crippen molar-refractivity contribution < 1.29 is 0 Å². The van der Waals surface area contributed by atoms with Crippen molar-refractivity contribution in [2.24, 2.45) is 0 Å². The monoisotopic (exact) mass is 169 g/mol. The summed E-state index contributed by atoms with van der Waals surface area (Å²) in [5.74, 6) is 0. The molecule has 0 fully saturated rings. The summed E-state index contributed by atoms with van der Waals surface area (Å²) in [5, 5.41) is 0. The van der Waals surface area contributed by atoms with Crippen LogP contribution < -0.4 is 5.73 Å². The van der Waals surface area contributed by atoms with Crippen LogP contribution in [0.4, 0.5) is 5.69 Å². The zero-order valence-electron chi connectivity index (χ0n) is 6.29. The van der Waals surface area contributed by atoms with Crippen LogP contribution in [-0.4, -0.2) is 0 Å². The minimum atomic E-state index is 0. The fourth-order valence-electron chi connectivity index (χ4n) is 0.876. The van der Waals surface area contributed by atoms with Crippen LogP contribution in [-0.2, 0) is 6.42 Å². The average molecular weight is 170 g/mol. The number of hydrogen-bond donors (Lipinski definition) is 1. The van der Waals surface area contributed by atoms with Crippen LogP contribution in [0.15, 0.2) is 36.9 Å². The Balaban J connectivity index is 0.000001000. The molecule has 0 aliphatic rings. The Morgan fingerprint density at radius 1 is 1.36 bits per heavy atom. The van der Waals surface area contributed by atoms with Crippen LogP contribution in [0.1, 0.15) is 5.56 Å². The highest BCUT2D eigenvalue weighted by Gasteiger charge is 1.91. The lowest BCUT2D eigenvalue weighted by Crippen LogP contribution is -1.90. The summed E-state index contributed by atoms with van der Waals surface area (Å²) in [6.45, 7) is 3.64. The molecule has 0 heterocycles. The van der Waals surface area contributed by atoms with Gasteiger partial charge in [-0.25, -0.2) is 0 Å². The van der Waals surface area contributed by atoms with E-state index in [1.807, 2.05) is 30.3 Å². The van der Waals surface area contributed by atoms with Crippen LogP contribution in [0.5, 0.6) is 0 Å². The lowest BCUT2D eigenvalue weighted by molar-refractivity contribution is 1.28. The normalized spacial score (nSPS) is 8.36. The van der Waals surface area contributed by atoms with E-state index in [9.17, 15) is 0 Å². The predicted molar refractivity (Wildman–Crippen MR) is 52.0 cm³/mol. The maximum Gasteiger partial charge on any atom is 0.0349 e. The molecule has 0 spiro atoms. The standard InChI is InChI=1S/C9H11N.ClH/c1-2-5-8-6-3-4-7-9(8)10;/h2-4,6-7H,1,5,10H2;1H. The first kappa shape index (κ1) is 10.0. The third-order valence-electron chi connectivity index (χ3n) is 1.42. The van der Waals surface area contributed by atoms with Crippen LogP contribution in [0.25, 0.3) is 0 Å². The molecule has 1 nitrogen and oxygen atoms in total. The molecule has 1 rings (SSSR count). The second-order valence-electron chi connectivity index (χ2n) is 2.19. The van der Waals surface area contributed by atoms with E-state index < -0.39 is 0 Å². The summed E-state index contributed by atoms with van der Waals surface area (Å²) >= 11 is 0. The van der Waals surface area contributed by atoms with Crippen molar-refractivity contribution in [3.63, 3.8) is 0 Å². The quantitative estimate of drug-likeness (QED) is 0.534. The predicted octanol–water partition coefficient (Wildman–Crippen LogP) is 2.42. The minimum absolute atomic E-state index is 0. The Hall–Kier alpha value is -0.950. The van der Waals surface area contributed by atoms with Gasteiger partial charge in [-0.1, -0.05) is 24.3 Å². The molecule has 0 saturated heterocycles. The number of nitrogen functional groups attached to an aromatic ring is 1. The average Bonchev–Trinajstić information content (AvgIpc) is 1.94. The van der Waals surface area contributed by atoms with Gasteiger partial charge in [0.05, 0.1) is 0 Å². The Kier molecular flexibility index (Phi) is 4.39. The number of allylic oxidation sites excluding steroid dienone is 1. The maximum absolute atomic E-state index is 5.66. The van der Waals surface area contributed by atoms with Gasteiger partial charge in [0.15, 0.2) is 0 Å². The Morgan fingerprint density at radius 3 is 2.55 bits per heavy atom. The molecule has 0 unspecified atom stereocenters. The van der Waals surface area contributed by atoms with Gasteiger partial charge in [-0.3, -0.25) is 0 Å². The van der Waals surface area contributed by atoms with Crippen molar-refractivity contribution in [2.75, 3.05) is 5.73 Å². The largest absolute Gasteiger partial charge is 0.398 e. The van der Waals surface area contributed by atoms with Crippen molar-refractivity contribution in [2.45, 2.75) is 6.42 Å². The van der Waals surface area contributed by atoms with Crippen molar-refractivity contribution >= 4 is 18.1 Å². The molecule has 1 aromatic rings. The van der Waals surface area contributed by atoms with Gasteiger partial charge in [0.25, 0.3) is 0 Å². The second kappa shape index (κ2) is 4.80. The third-order valence-corrected chi connectivity index (χ3v) is 1.42. The molecule has 1 aromatic carbocycles. The van der Waals surface area contributed by atoms with Crippen LogP contribution in [0.2, 0.25) is 0 Å². The molecule has 0 atom stereocenters. The number of anilines is 1. The SMILES string of the molecule is C=CCc1ccccc1N.Cl. The van der Waals surface area contributed by atoms with Gasteiger partial charge in [0, 0.05) is 5.69 Å². The Bertz CT molecular complexity index is 233. The van der Waals surface area contributed by atoms with Gasteiger partial charge < -0.3 is 5.73 Å². The van der Waals surface area contributed by atoms with E-state index in [0.717, 1.165) is 17.7 Å². The number of para-hydroxylation sites is 1. The zero-order valence-corrected chi connectivity index (χ0v) is 7.10. The molecule has 0 radical (unpaired) electrons. The molecule has 0 amide bonds. The van der Waals surface area contributed by atoms with Gasteiger partial charge in [-0.05, 0) is 18.1 Å². The maximum atomic E-state index is 5.66. The molecular weight excluding hydrogens is 158 g/mol. The van der Waals surface area contributed by atoms with E-state index >= 15 is 0 Å². The summed E-state index contributed by atoms with van der Waals surface area (Å²) in [6.07, 6.45) is 2.71. The van der Waals surface area contributed by atoms with Gasteiger partial charge in [-0.2, -0.15) is 0 Å². The van der Waals surface area contributed by atoms with Crippen molar-refractivity contribution in [3.8, 4) is 0 Å². The molecule has 60 valence electrons. The van der Waals surface area contributed by atoms with Crippen molar-refractivity contribution in [3.05, 3.63) is 42.5 Å². The molecule has 2 heteroatoms. The summed E-state index contributed by atoms with van der Waals surface area (Å²) in [4.78, 5) is 0. The molecule has 0 bridgehead atoms. The van der Waals surface area contributed by atoms with Crippen LogP contribution in [0, 0.1) is 0 Å². The van der Waals surface area contributed by atoms with E-state index in [2.05, 4.69) is 6.58 Å². The number of halogens is 1. The molecule has 0 aliphatic carbocycles. The minimum Gasteiger partial charge on any atom is -0.398 e. The number of nitrogens with two attached hydrogens (primary N) is 1. The summed E-state index contributed by atoms with van der Waals surface area (Å²) < 4.78 is 0. The molecule has 0 aromatic heterocycles. The number of benzene rings is 1. The topological polar surface area (TPSA) is 26.0 Å². The van der Waals surface area contributed by atoms with Crippen LogP contribution in [0.3, 0.4) is 0 Å². The second-order valence-corrected chi connectivity index (χ2v) is 2.19. The molecule has 11 heavy (non-hydrogen) atoms. The Labute approximate surface area is 73.3 Å². The lowest BCUT2D eigenvalue weighted by Gasteiger charge is -1.99. The first-order valence-corrected chi connectivity index (χ1v) is 3.29. The fourth-order valence-corrected chi connectivity index (χ4v) is 0.876. The molecule has 2 N–H and O–H groups in total. The summed E-state index contributed by atoms with van der Waals surface area (Å²) in [5.41, 5.74) is 7.66. The van der Waals surface area contributed by atoms with E-state index in [0.29, 0.717) is 0 Å². The van der Waals surface area contributed by atoms with Crippen LogP contribution >= 0.6 is 12.4 Å². The fraction of sp³-hybridized carbons (Fsp3) is 0.111. The zero-order chi connectivity index (χ0) is 7.40. The highest BCUT2D eigenvalue weighted by Crippen LogP contribution is 2.10. The van der Waals surface area contributed by atoms with Gasteiger partial charge in [-0.15, -0.1) is 19.0 Å². The number of hydrogen-bond acceptors (Lipinski definition) is 1. The van der Waals surface area contributed by atoms with E-state index in [1.54, 1.807) is 0 Å². The van der Waals surface area contributed by atoms with Gasteiger partial charge in [0.2, 0.25) is 0 Å². The molecule has 0 saturated carbocycles. The van der Waals surface area contributed by atoms with Crippen molar-refractivity contribution in [1.29, 1.82) is 0 Å². The highest BCUT2D eigenvalue weighted by molar-refractivity contribution is 5.85. The molecule has 0 aliphatic heterocycles. The van der Waals surface area contributed by atoms with Gasteiger partial charge in [0.1, 0.15) is 0 Å².